The lowest BCUT2D eigenvalue weighted by Crippen LogP contribution is -2.55. The third kappa shape index (κ3) is 5.49. The number of aliphatic hydroxyl groups excluding tert-OH is 4. The first-order valence-corrected chi connectivity index (χ1v) is 11.1. The van der Waals surface area contributed by atoms with Crippen LogP contribution in [0.25, 0.3) is 0 Å². The minimum absolute atomic E-state index is 0.472. The van der Waals surface area contributed by atoms with Crippen molar-refractivity contribution in [2.45, 2.75) is 57.2 Å². The average Bonchev–Trinajstić information content (AvgIpc) is 2.81. The van der Waals surface area contributed by atoms with E-state index < -0.39 is 37.1 Å². The van der Waals surface area contributed by atoms with E-state index in [0.29, 0.717) is 23.6 Å². The zero-order chi connectivity index (χ0) is 23.3. The Morgan fingerprint density at radius 1 is 1.03 bits per heavy atom. The molecule has 8 heteroatoms. The van der Waals surface area contributed by atoms with Gasteiger partial charge < -0.3 is 30.0 Å². The van der Waals surface area contributed by atoms with E-state index in [1.807, 2.05) is 44.2 Å². The average molecular weight is 464 g/mol. The van der Waals surface area contributed by atoms with Crippen LogP contribution < -0.4 is 0 Å². The van der Waals surface area contributed by atoms with Gasteiger partial charge in [-0.25, -0.2) is 0 Å². The number of oxime groups is 1. The Hall–Kier alpha value is -2.00. The van der Waals surface area contributed by atoms with Gasteiger partial charge in [-0.2, -0.15) is 0 Å². The standard InChI is InChI=1S/C24H30ClNO6/c1-3-19(26-31-4-2)15-7-5-14(6-8-15)11-17-12-16(9-10-18(17)25)24-23(30)22(29)21(28)20(13-27)32-24/h5-10,12,20-24,27-30H,3-4,11,13H2,1-2H3/b26-19+/t20-,21-,22+,23-,24+/m1/s1. The fourth-order valence-electron chi connectivity index (χ4n) is 3.78. The van der Waals surface area contributed by atoms with Crippen LogP contribution in [0.15, 0.2) is 47.6 Å². The van der Waals surface area contributed by atoms with Crippen molar-refractivity contribution >= 4 is 17.3 Å². The second kappa shape index (κ2) is 11.2. The van der Waals surface area contributed by atoms with Gasteiger partial charge in [-0.3, -0.25) is 0 Å². The summed E-state index contributed by atoms with van der Waals surface area (Å²) in [6.45, 7) is 3.96. The number of benzene rings is 2. The highest BCUT2D eigenvalue weighted by Gasteiger charge is 2.44. The molecule has 4 N–H and O–H groups in total. The Labute approximate surface area is 192 Å². The molecule has 2 aromatic rings. The minimum Gasteiger partial charge on any atom is -0.396 e. The van der Waals surface area contributed by atoms with Crippen molar-refractivity contribution in [3.8, 4) is 0 Å². The lowest BCUT2D eigenvalue weighted by atomic mass is 9.90. The molecule has 0 aliphatic carbocycles. The number of nitrogens with zero attached hydrogens (tertiary/aromatic N) is 1. The Morgan fingerprint density at radius 2 is 1.75 bits per heavy atom. The first-order valence-electron chi connectivity index (χ1n) is 10.8. The summed E-state index contributed by atoms with van der Waals surface area (Å²) in [5.41, 5.74) is 4.34. The minimum atomic E-state index is -1.43. The van der Waals surface area contributed by atoms with E-state index in [4.69, 9.17) is 21.2 Å². The molecule has 0 spiro atoms. The van der Waals surface area contributed by atoms with Gasteiger partial charge in [0.2, 0.25) is 0 Å². The summed E-state index contributed by atoms with van der Waals surface area (Å²) in [7, 11) is 0. The third-order valence-electron chi connectivity index (χ3n) is 5.61. The molecule has 1 fully saturated rings. The van der Waals surface area contributed by atoms with Crippen molar-refractivity contribution in [1.82, 2.24) is 0 Å². The van der Waals surface area contributed by atoms with Gasteiger partial charge in [-0.05, 0) is 48.1 Å². The van der Waals surface area contributed by atoms with E-state index in [1.165, 1.54) is 0 Å². The van der Waals surface area contributed by atoms with E-state index in [0.717, 1.165) is 28.8 Å². The van der Waals surface area contributed by atoms with E-state index in [2.05, 4.69) is 5.16 Å². The van der Waals surface area contributed by atoms with Gasteiger partial charge in [-0.15, -0.1) is 0 Å². The van der Waals surface area contributed by atoms with Crippen LogP contribution in [0.4, 0.5) is 0 Å². The summed E-state index contributed by atoms with van der Waals surface area (Å²) in [5, 5.41) is 44.7. The molecule has 2 aromatic carbocycles. The van der Waals surface area contributed by atoms with Crippen LogP contribution in [0, 0.1) is 0 Å². The predicted octanol–water partition coefficient (Wildman–Crippen LogP) is 2.60. The van der Waals surface area contributed by atoms with Gasteiger partial charge in [0.15, 0.2) is 0 Å². The fourth-order valence-corrected chi connectivity index (χ4v) is 3.97. The summed E-state index contributed by atoms with van der Waals surface area (Å²) in [6.07, 6.45) is -4.71. The summed E-state index contributed by atoms with van der Waals surface area (Å²) < 4.78 is 5.67. The van der Waals surface area contributed by atoms with Gasteiger partial charge in [0, 0.05) is 5.02 Å². The summed E-state index contributed by atoms with van der Waals surface area (Å²) >= 11 is 6.42. The van der Waals surface area contributed by atoms with Crippen molar-refractivity contribution in [2.75, 3.05) is 13.2 Å². The zero-order valence-corrected chi connectivity index (χ0v) is 18.9. The SMILES string of the molecule is CCO/N=C(\CC)c1ccc(Cc2cc([C@@H]3O[C@H](CO)[C@@H](O)[C@H](O)[C@H]3O)ccc2Cl)cc1. The number of aliphatic hydroxyl groups is 4. The molecule has 0 saturated carbocycles. The normalized spacial score (nSPS) is 26.2. The van der Waals surface area contributed by atoms with Gasteiger partial charge in [0.05, 0.1) is 12.3 Å². The van der Waals surface area contributed by atoms with Gasteiger partial charge >= 0.3 is 0 Å². The molecule has 1 saturated heterocycles. The van der Waals surface area contributed by atoms with Gasteiger partial charge in [0.1, 0.15) is 37.1 Å². The Morgan fingerprint density at radius 3 is 2.38 bits per heavy atom. The Kier molecular flexibility index (Phi) is 8.64. The molecule has 5 atom stereocenters. The molecule has 1 aliphatic heterocycles. The molecule has 0 bridgehead atoms. The number of hydrogen-bond donors (Lipinski definition) is 4. The van der Waals surface area contributed by atoms with Crippen LogP contribution in [-0.4, -0.2) is 63.8 Å². The molecule has 0 radical (unpaired) electrons. The molecule has 1 aliphatic rings. The van der Waals surface area contributed by atoms with E-state index in [9.17, 15) is 20.4 Å². The topological polar surface area (TPSA) is 112 Å². The van der Waals surface area contributed by atoms with E-state index in [-0.39, 0.29) is 0 Å². The molecular weight excluding hydrogens is 434 g/mol. The van der Waals surface area contributed by atoms with Crippen LogP contribution in [-0.2, 0) is 16.0 Å². The zero-order valence-electron chi connectivity index (χ0n) is 18.2. The number of hydrogen-bond acceptors (Lipinski definition) is 7. The van der Waals surface area contributed by atoms with Crippen molar-refractivity contribution < 1.29 is 30.0 Å². The maximum absolute atomic E-state index is 10.4. The van der Waals surface area contributed by atoms with Crippen molar-refractivity contribution in [3.63, 3.8) is 0 Å². The number of rotatable bonds is 8. The summed E-state index contributed by atoms with van der Waals surface area (Å²) in [5.74, 6) is 0. The van der Waals surface area contributed by atoms with Crippen molar-refractivity contribution in [1.29, 1.82) is 0 Å². The molecule has 3 rings (SSSR count). The highest BCUT2D eigenvalue weighted by molar-refractivity contribution is 6.31. The van der Waals surface area contributed by atoms with Crippen LogP contribution in [0.3, 0.4) is 0 Å². The largest absolute Gasteiger partial charge is 0.396 e. The predicted molar refractivity (Wildman–Crippen MR) is 122 cm³/mol. The van der Waals surface area contributed by atoms with Crippen LogP contribution in [0.5, 0.6) is 0 Å². The van der Waals surface area contributed by atoms with Crippen LogP contribution in [0.1, 0.15) is 48.6 Å². The van der Waals surface area contributed by atoms with Gasteiger partial charge in [-0.1, -0.05) is 60.1 Å². The third-order valence-corrected chi connectivity index (χ3v) is 5.98. The maximum Gasteiger partial charge on any atom is 0.114 e. The summed E-state index contributed by atoms with van der Waals surface area (Å²) in [6, 6.07) is 13.2. The Balaban J connectivity index is 1.81. The Bertz CT molecular complexity index is 917. The fraction of sp³-hybridized carbons (Fsp3) is 0.458. The second-order valence-electron chi connectivity index (χ2n) is 7.78. The maximum atomic E-state index is 10.4. The lowest BCUT2D eigenvalue weighted by Gasteiger charge is -2.40. The second-order valence-corrected chi connectivity index (χ2v) is 8.19. The lowest BCUT2D eigenvalue weighted by molar-refractivity contribution is -0.231. The molecule has 0 aromatic heterocycles. The van der Waals surface area contributed by atoms with Gasteiger partial charge in [0.25, 0.3) is 0 Å². The first kappa shape index (κ1) is 24.6. The van der Waals surface area contributed by atoms with Crippen molar-refractivity contribution in [3.05, 3.63) is 69.7 Å². The quantitative estimate of drug-likeness (QED) is 0.353. The molecule has 0 unspecified atom stereocenters. The van der Waals surface area contributed by atoms with Crippen LogP contribution in [0.2, 0.25) is 5.02 Å². The van der Waals surface area contributed by atoms with E-state index >= 15 is 0 Å². The highest BCUT2D eigenvalue weighted by atomic mass is 35.5. The highest BCUT2D eigenvalue weighted by Crippen LogP contribution is 2.34. The summed E-state index contributed by atoms with van der Waals surface area (Å²) in [4.78, 5) is 5.18. The number of halogens is 1. The monoisotopic (exact) mass is 463 g/mol. The first-order chi connectivity index (χ1) is 15.4. The molecule has 32 heavy (non-hydrogen) atoms. The molecule has 174 valence electrons. The molecule has 1 heterocycles. The van der Waals surface area contributed by atoms with Crippen LogP contribution >= 0.6 is 11.6 Å². The molecule has 0 amide bonds. The molecular formula is C24H30ClNO6. The van der Waals surface area contributed by atoms with E-state index in [1.54, 1.807) is 12.1 Å². The van der Waals surface area contributed by atoms with Crippen molar-refractivity contribution in [2.24, 2.45) is 5.16 Å². The smallest absolute Gasteiger partial charge is 0.114 e. The molecule has 7 nitrogen and oxygen atoms in total. The number of ether oxygens (including phenoxy) is 1.